The summed E-state index contributed by atoms with van der Waals surface area (Å²) in [6, 6.07) is 10.2. The van der Waals surface area contributed by atoms with Gasteiger partial charge < -0.3 is 0 Å². The predicted molar refractivity (Wildman–Crippen MR) is 64.0 cm³/mol. The molecule has 0 aliphatic rings. The lowest BCUT2D eigenvalue weighted by Crippen LogP contribution is -1.71. The van der Waals surface area contributed by atoms with Crippen molar-refractivity contribution in [2.24, 2.45) is 0 Å². The summed E-state index contributed by atoms with van der Waals surface area (Å²) < 4.78 is 0. The van der Waals surface area contributed by atoms with E-state index in [0.717, 1.165) is 5.57 Å². The van der Waals surface area contributed by atoms with Gasteiger partial charge in [-0.2, -0.15) is 0 Å². The van der Waals surface area contributed by atoms with Crippen LogP contribution in [-0.4, -0.2) is 0 Å². The molecule has 0 bridgehead atoms. The van der Waals surface area contributed by atoms with Crippen LogP contribution >= 0.6 is 0 Å². The predicted octanol–water partition coefficient (Wildman–Crippen LogP) is 4.00. The van der Waals surface area contributed by atoms with Crippen molar-refractivity contribution in [3.8, 4) is 0 Å². The Kier molecular flexibility index (Phi) is 4.22. The van der Waals surface area contributed by atoms with Crippen molar-refractivity contribution in [3.63, 3.8) is 0 Å². The Hall–Kier alpha value is -1.82. The molecule has 1 aromatic carbocycles. The second-order valence-corrected chi connectivity index (χ2v) is 2.85. The molecule has 0 saturated carbocycles. The lowest BCUT2D eigenvalue weighted by atomic mass is 10.1. The van der Waals surface area contributed by atoms with E-state index < -0.39 is 0 Å². The summed E-state index contributed by atoms with van der Waals surface area (Å²) in [7, 11) is 0. The minimum absolute atomic E-state index is 1.06. The first-order valence-corrected chi connectivity index (χ1v) is 4.55. The number of allylic oxidation sites excluding steroid dienone is 5. The normalized spacial score (nSPS) is 11.6. The van der Waals surface area contributed by atoms with Crippen LogP contribution in [0.4, 0.5) is 0 Å². The van der Waals surface area contributed by atoms with Crippen molar-refractivity contribution in [3.05, 3.63) is 78.9 Å². The first-order valence-electron chi connectivity index (χ1n) is 4.55. The summed E-state index contributed by atoms with van der Waals surface area (Å²) >= 11 is 0. The van der Waals surface area contributed by atoms with Gasteiger partial charge in [-0.1, -0.05) is 73.9 Å². The fraction of sp³-hybridized carbons (Fsp3) is 0. The summed E-state index contributed by atoms with van der Waals surface area (Å²) in [4.78, 5) is 0. The Labute approximate surface area is 85.6 Å². The monoisotopic (exact) mass is 182 g/mol. The van der Waals surface area contributed by atoms with Crippen LogP contribution in [0.25, 0.3) is 6.08 Å². The molecule has 0 amide bonds. The molecule has 0 atom stereocenters. The minimum atomic E-state index is 1.06. The molecule has 1 rings (SSSR count). The fourth-order valence-electron chi connectivity index (χ4n) is 1.08. The van der Waals surface area contributed by atoms with Gasteiger partial charge in [-0.25, -0.2) is 0 Å². The highest BCUT2D eigenvalue weighted by Crippen LogP contribution is 2.05. The third-order valence-electron chi connectivity index (χ3n) is 1.81. The fourth-order valence-corrected chi connectivity index (χ4v) is 1.08. The highest BCUT2D eigenvalue weighted by Gasteiger charge is 1.84. The highest BCUT2D eigenvalue weighted by atomic mass is 13.9. The van der Waals surface area contributed by atoms with Crippen molar-refractivity contribution >= 4 is 6.08 Å². The lowest BCUT2D eigenvalue weighted by molar-refractivity contribution is 1.64. The molecule has 0 aromatic heterocycles. The minimum Gasteiger partial charge on any atom is -0.0990 e. The molecule has 0 aliphatic carbocycles. The Bertz CT molecular complexity index is 353. The van der Waals surface area contributed by atoms with E-state index in [2.05, 4.69) is 31.4 Å². The zero-order valence-electron chi connectivity index (χ0n) is 8.19. The molecule has 1 aromatic rings. The molecule has 70 valence electrons. The van der Waals surface area contributed by atoms with E-state index in [1.54, 1.807) is 12.2 Å². The van der Waals surface area contributed by atoms with Gasteiger partial charge >= 0.3 is 0 Å². The molecule has 0 nitrogen and oxygen atoms in total. The third-order valence-corrected chi connectivity index (χ3v) is 1.81. The van der Waals surface area contributed by atoms with E-state index in [9.17, 15) is 0 Å². The summed E-state index contributed by atoms with van der Waals surface area (Å²) in [5.41, 5.74) is 2.24. The Morgan fingerprint density at radius 1 is 1.07 bits per heavy atom. The maximum Gasteiger partial charge on any atom is -0.0256 e. The lowest BCUT2D eigenvalue weighted by Gasteiger charge is -1.92. The molecule has 0 saturated heterocycles. The molecule has 0 heterocycles. The summed E-state index contributed by atoms with van der Waals surface area (Å²) in [6.07, 6.45) is 9.56. The summed E-state index contributed by atoms with van der Waals surface area (Å²) in [5, 5.41) is 0. The van der Waals surface area contributed by atoms with Gasteiger partial charge in [0, 0.05) is 0 Å². The quantitative estimate of drug-likeness (QED) is 0.617. The van der Waals surface area contributed by atoms with Gasteiger partial charge in [-0.3, -0.25) is 0 Å². The molecular weight excluding hydrogens is 168 g/mol. The number of benzene rings is 1. The average Bonchev–Trinajstić information content (AvgIpc) is 2.25. The first kappa shape index (κ1) is 10.3. The number of rotatable bonds is 4. The second-order valence-electron chi connectivity index (χ2n) is 2.85. The molecule has 0 radical (unpaired) electrons. The van der Waals surface area contributed by atoms with Crippen LogP contribution in [-0.2, 0) is 0 Å². The van der Waals surface area contributed by atoms with E-state index in [0.29, 0.717) is 0 Å². The molecule has 0 heteroatoms. The molecule has 0 unspecified atom stereocenters. The van der Waals surface area contributed by atoms with Gasteiger partial charge in [0.2, 0.25) is 0 Å². The maximum atomic E-state index is 3.72. The van der Waals surface area contributed by atoms with E-state index in [1.807, 2.05) is 30.4 Å². The summed E-state index contributed by atoms with van der Waals surface area (Å²) in [6.45, 7) is 7.37. The van der Waals surface area contributed by atoms with Crippen molar-refractivity contribution in [1.29, 1.82) is 0 Å². The average molecular weight is 182 g/mol. The van der Waals surface area contributed by atoms with Crippen LogP contribution in [0.3, 0.4) is 0 Å². The molecule has 0 spiro atoms. The molecule has 0 fully saturated rings. The van der Waals surface area contributed by atoms with Crippen molar-refractivity contribution in [2.45, 2.75) is 0 Å². The van der Waals surface area contributed by atoms with E-state index >= 15 is 0 Å². The van der Waals surface area contributed by atoms with Crippen LogP contribution in [0.15, 0.2) is 73.4 Å². The first-order chi connectivity index (χ1) is 6.86. The van der Waals surface area contributed by atoms with Crippen molar-refractivity contribution < 1.29 is 0 Å². The molecule has 14 heavy (non-hydrogen) atoms. The number of hydrogen-bond acceptors (Lipinski definition) is 0. The highest BCUT2D eigenvalue weighted by molar-refractivity contribution is 5.54. The van der Waals surface area contributed by atoms with E-state index in [4.69, 9.17) is 0 Å². The van der Waals surface area contributed by atoms with Gasteiger partial charge in [0.05, 0.1) is 0 Å². The van der Waals surface area contributed by atoms with E-state index in [1.165, 1.54) is 5.56 Å². The van der Waals surface area contributed by atoms with Gasteiger partial charge in [-0.05, 0) is 11.1 Å². The maximum absolute atomic E-state index is 3.72. The smallest absolute Gasteiger partial charge is 0.0256 e. The van der Waals surface area contributed by atoms with Crippen LogP contribution in [0, 0.1) is 0 Å². The molecule has 0 aliphatic heterocycles. The molecule has 0 N–H and O–H groups in total. The van der Waals surface area contributed by atoms with Crippen LogP contribution < -0.4 is 0 Å². The SMILES string of the molecule is C=C/C=C(C=C)/C=C\c1ccccc1. The number of hydrogen-bond donors (Lipinski definition) is 0. The van der Waals surface area contributed by atoms with Crippen LogP contribution in [0.5, 0.6) is 0 Å². The van der Waals surface area contributed by atoms with Gasteiger partial charge in [0.1, 0.15) is 0 Å². The molecular formula is C14H14. The van der Waals surface area contributed by atoms with E-state index in [-0.39, 0.29) is 0 Å². The Morgan fingerprint density at radius 3 is 2.36 bits per heavy atom. The standard InChI is InChI=1S/C14H14/c1-3-8-13(4-2)11-12-14-9-6-5-7-10-14/h3-12H,1-2H2/b12-11-,13-8+. The van der Waals surface area contributed by atoms with Crippen LogP contribution in [0.2, 0.25) is 0 Å². The Balaban J connectivity index is 2.77. The third kappa shape index (κ3) is 3.28. The van der Waals surface area contributed by atoms with Crippen LogP contribution in [0.1, 0.15) is 5.56 Å². The van der Waals surface area contributed by atoms with Gasteiger partial charge in [0.15, 0.2) is 0 Å². The van der Waals surface area contributed by atoms with Crippen molar-refractivity contribution in [1.82, 2.24) is 0 Å². The largest absolute Gasteiger partial charge is 0.0990 e. The van der Waals surface area contributed by atoms with Crippen molar-refractivity contribution in [2.75, 3.05) is 0 Å². The zero-order valence-corrected chi connectivity index (χ0v) is 8.19. The summed E-state index contributed by atoms with van der Waals surface area (Å²) in [5.74, 6) is 0. The topological polar surface area (TPSA) is 0 Å². The Morgan fingerprint density at radius 2 is 1.79 bits per heavy atom. The zero-order chi connectivity index (χ0) is 10.2. The van der Waals surface area contributed by atoms with Gasteiger partial charge in [0.25, 0.3) is 0 Å². The second kappa shape index (κ2) is 5.76. The van der Waals surface area contributed by atoms with Gasteiger partial charge in [-0.15, -0.1) is 0 Å².